The summed E-state index contributed by atoms with van der Waals surface area (Å²) in [6, 6.07) is 14.2. The van der Waals surface area contributed by atoms with Crippen LogP contribution in [0.5, 0.6) is 0 Å². The second-order valence-electron chi connectivity index (χ2n) is 7.56. The van der Waals surface area contributed by atoms with E-state index in [4.69, 9.17) is 23.2 Å². The summed E-state index contributed by atoms with van der Waals surface area (Å²) in [4.78, 5) is 27.3. The van der Waals surface area contributed by atoms with Crippen molar-refractivity contribution in [3.8, 4) is 0 Å². The van der Waals surface area contributed by atoms with Gasteiger partial charge in [-0.2, -0.15) is 0 Å². The average Bonchev–Trinajstić information content (AvgIpc) is 2.69. The first-order chi connectivity index (χ1) is 13.8. The number of carbonyl (C=O) groups is 2. The molecule has 0 aromatic heterocycles. The van der Waals surface area contributed by atoms with E-state index in [0.29, 0.717) is 35.5 Å². The highest BCUT2D eigenvalue weighted by Gasteiger charge is 2.26. The van der Waals surface area contributed by atoms with E-state index >= 15 is 0 Å². The lowest BCUT2D eigenvalue weighted by Gasteiger charge is -2.29. The number of halogens is 2. The number of nitrogens with one attached hydrogen (secondary N) is 1. The van der Waals surface area contributed by atoms with E-state index in [9.17, 15) is 9.59 Å². The van der Waals surface area contributed by atoms with Crippen LogP contribution in [0.1, 0.15) is 38.3 Å². The SMILES string of the molecule is CC(C)CNC(=O)[C@@H](C)N(Cc1cccc(Cl)c1)C(=O)CCc1ccccc1Cl. The highest BCUT2D eigenvalue weighted by Crippen LogP contribution is 2.19. The van der Waals surface area contributed by atoms with Crippen molar-refractivity contribution in [2.75, 3.05) is 6.54 Å². The van der Waals surface area contributed by atoms with Gasteiger partial charge in [-0.3, -0.25) is 9.59 Å². The van der Waals surface area contributed by atoms with Crippen LogP contribution in [-0.2, 0) is 22.6 Å². The second-order valence-corrected chi connectivity index (χ2v) is 8.40. The molecule has 29 heavy (non-hydrogen) atoms. The van der Waals surface area contributed by atoms with Gasteiger partial charge in [0.25, 0.3) is 0 Å². The van der Waals surface area contributed by atoms with Gasteiger partial charge in [-0.05, 0) is 48.6 Å². The molecule has 1 N–H and O–H groups in total. The first-order valence-corrected chi connectivity index (χ1v) is 10.6. The third-order valence-electron chi connectivity index (χ3n) is 4.66. The molecule has 2 aromatic rings. The predicted molar refractivity (Wildman–Crippen MR) is 119 cm³/mol. The van der Waals surface area contributed by atoms with Crippen molar-refractivity contribution < 1.29 is 9.59 Å². The first-order valence-electron chi connectivity index (χ1n) is 9.83. The molecular formula is C23H28Cl2N2O2. The van der Waals surface area contributed by atoms with Gasteiger partial charge in [-0.25, -0.2) is 0 Å². The van der Waals surface area contributed by atoms with Gasteiger partial charge in [-0.15, -0.1) is 0 Å². The van der Waals surface area contributed by atoms with Gasteiger partial charge in [0.15, 0.2) is 0 Å². The molecule has 1 atom stereocenters. The molecule has 0 aliphatic carbocycles. The van der Waals surface area contributed by atoms with E-state index in [0.717, 1.165) is 11.1 Å². The normalized spacial score (nSPS) is 11.9. The smallest absolute Gasteiger partial charge is 0.242 e. The molecular weight excluding hydrogens is 407 g/mol. The first kappa shape index (κ1) is 23.2. The maximum absolute atomic E-state index is 13.1. The van der Waals surface area contributed by atoms with E-state index in [-0.39, 0.29) is 18.2 Å². The molecule has 2 rings (SSSR count). The van der Waals surface area contributed by atoms with E-state index in [2.05, 4.69) is 5.32 Å². The van der Waals surface area contributed by atoms with E-state index < -0.39 is 6.04 Å². The third-order valence-corrected chi connectivity index (χ3v) is 5.26. The summed E-state index contributed by atoms with van der Waals surface area (Å²) in [5.74, 6) is 0.0763. The van der Waals surface area contributed by atoms with Crippen LogP contribution in [0.15, 0.2) is 48.5 Å². The lowest BCUT2D eigenvalue weighted by molar-refractivity contribution is -0.140. The van der Waals surface area contributed by atoms with Crippen LogP contribution in [0.2, 0.25) is 10.0 Å². The summed E-state index contributed by atoms with van der Waals surface area (Å²) in [5, 5.41) is 4.16. The molecule has 0 saturated carbocycles. The fourth-order valence-electron chi connectivity index (χ4n) is 2.95. The Bertz CT molecular complexity index is 839. The minimum Gasteiger partial charge on any atom is -0.354 e. The van der Waals surface area contributed by atoms with Crippen LogP contribution < -0.4 is 5.32 Å². The summed E-state index contributed by atoms with van der Waals surface area (Å²) < 4.78 is 0. The summed E-state index contributed by atoms with van der Waals surface area (Å²) in [6.45, 7) is 6.71. The Morgan fingerprint density at radius 1 is 1.03 bits per heavy atom. The van der Waals surface area contributed by atoms with Crippen molar-refractivity contribution in [3.05, 3.63) is 69.7 Å². The maximum atomic E-state index is 13.1. The van der Waals surface area contributed by atoms with Gasteiger partial charge >= 0.3 is 0 Å². The van der Waals surface area contributed by atoms with Crippen molar-refractivity contribution >= 4 is 35.0 Å². The maximum Gasteiger partial charge on any atom is 0.242 e. The largest absolute Gasteiger partial charge is 0.354 e. The van der Waals surface area contributed by atoms with Crippen molar-refractivity contribution in [2.45, 2.75) is 46.2 Å². The Hall–Kier alpha value is -2.04. The molecule has 0 saturated heterocycles. The van der Waals surface area contributed by atoms with Gasteiger partial charge in [-0.1, -0.05) is 67.4 Å². The van der Waals surface area contributed by atoms with Crippen molar-refractivity contribution in [3.63, 3.8) is 0 Å². The molecule has 0 radical (unpaired) electrons. The summed E-state index contributed by atoms with van der Waals surface area (Å²) in [6.07, 6.45) is 0.789. The van der Waals surface area contributed by atoms with Gasteiger partial charge in [0, 0.05) is 29.6 Å². The Labute approximate surface area is 183 Å². The quantitative estimate of drug-likeness (QED) is 0.595. The Kier molecular flexibility index (Phi) is 8.99. The topological polar surface area (TPSA) is 49.4 Å². The fraction of sp³-hybridized carbons (Fsp3) is 0.391. The Morgan fingerprint density at radius 2 is 1.76 bits per heavy atom. The number of nitrogens with zero attached hydrogens (tertiary/aromatic N) is 1. The number of aryl methyl sites for hydroxylation is 1. The number of rotatable bonds is 9. The standard InChI is InChI=1S/C23H28Cl2N2O2/c1-16(2)14-26-23(29)17(3)27(15-18-7-6-9-20(24)13-18)22(28)12-11-19-8-4-5-10-21(19)25/h4-10,13,16-17H,11-12,14-15H2,1-3H3,(H,26,29)/t17-/m1/s1. The molecule has 0 aliphatic heterocycles. The molecule has 0 bridgehead atoms. The highest BCUT2D eigenvalue weighted by molar-refractivity contribution is 6.31. The molecule has 2 aromatic carbocycles. The molecule has 156 valence electrons. The number of amides is 2. The molecule has 0 fully saturated rings. The van der Waals surface area contributed by atoms with Crippen LogP contribution in [0.25, 0.3) is 0 Å². The molecule has 6 heteroatoms. The van der Waals surface area contributed by atoms with E-state index in [1.807, 2.05) is 56.3 Å². The van der Waals surface area contributed by atoms with E-state index in [1.165, 1.54) is 0 Å². The zero-order valence-electron chi connectivity index (χ0n) is 17.1. The van der Waals surface area contributed by atoms with Crippen LogP contribution in [-0.4, -0.2) is 29.3 Å². The van der Waals surface area contributed by atoms with E-state index in [1.54, 1.807) is 17.9 Å². The monoisotopic (exact) mass is 434 g/mol. The third kappa shape index (κ3) is 7.37. The number of carbonyl (C=O) groups excluding carboxylic acids is 2. The summed E-state index contributed by atoms with van der Waals surface area (Å²) in [7, 11) is 0. The van der Waals surface area contributed by atoms with Crippen LogP contribution in [0.4, 0.5) is 0 Å². The minimum atomic E-state index is -0.591. The molecule has 0 spiro atoms. The lowest BCUT2D eigenvalue weighted by Crippen LogP contribution is -2.48. The molecule has 4 nitrogen and oxygen atoms in total. The molecule has 0 aliphatic rings. The Balaban J connectivity index is 2.14. The highest BCUT2D eigenvalue weighted by atomic mass is 35.5. The summed E-state index contributed by atoms with van der Waals surface area (Å²) in [5.41, 5.74) is 1.80. The van der Waals surface area contributed by atoms with Crippen LogP contribution in [0.3, 0.4) is 0 Å². The second kappa shape index (κ2) is 11.2. The lowest BCUT2D eigenvalue weighted by atomic mass is 10.1. The van der Waals surface area contributed by atoms with Crippen LogP contribution >= 0.6 is 23.2 Å². The minimum absolute atomic E-state index is 0.0999. The predicted octanol–water partition coefficient (Wildman–Crippen LogP) is 5.12. The van der Waals surface area contributed by atoms with Gasteiger partial charge in [0.1, 0.15) is 6.04 Å². The summed E-state index contributed by atoms with van der Waals surface area (Å²) >= 11 is 12.3. The Morgan fingerprint density at radius 3 is 2.41 bits per heavy atom. The average molecular weight is 435 g/mol. The molecule has 0 unspecified atom stereocenters. The molecule has 0 heterocycles. The number of hydrogen-bond acceptors (Lipinski definition) is 2. The zero-order chi connectivity index (χ0) is 21.4. The van der Waals surface area contributed by atoms with Crippen molar-refractivity contribution in [1.29, 1.82) is 0 Å². The van der Waals surface area contributed by atoms with Crippen molar-refractivity contribution in [2.24, 2.45) is 5.92 Å². The van der Waals surface area contributed by atoms with Gasteiger partial charge in [0.2, 0.25) is 11.8 Å². The van der Waals surface area contributed by atoms with Crippen molar-refractivity contribution in [1.82, 2.24) is 10.2 Å². The fourth-order valence-corrected chi connectivity index (χ4v) is 3.40. The molecule has 2 amide bonds. The van der Waals surface area contributed by atoms with Gasteiger partial charge < -0.3 is 10.2 Å². The zero-order valence-corrected chi connectivity index (χ0v) is 18.6. The number of benzene rings is 2. The van der Waals surface area contributed by atoms with Gasteiger partial charge in [0.05, 0.1) is 0 Å². The number of hydrogen-bond donors (Lipinski definition) is 1. The van der Waals surface area contributed by atoms with Crippen LogP contribution in [0, 0.1) is 5.92 Å².